The fourth-order valence-corrected chi connectivity index (χ4v) is 5.04. The third-order valence-corrected chi connectivity index (χ3v) is 7.29. The summed E-state index contributed by atoms with van der Waals surface area (Å²) in [4.78, 5) is 17.2. The Morgan fingerprint density at radius 1 is 0.943 bits per heavy atom. The second kappa shape index (κ2) is 11.8. The fraction of sp³-hybridized carbons (Fsp3) is 0.519. The highest BCUT2D eigenvalue weighted by Crippen LogP contribution is 2.30. The van der Waals surface area contributed by atoms with Crippen LogP contribution in [0.4, 0.5) is 13.2 Å². The minimum Gasteiger partial charge on any atom is -0.368 e. The Morgan fingerprint density at radius 2 is 1.57 bits per heavy atom. The summed E-state index contributed by atoms with van der Waals surface area (Å²) in [6, 6.07) is 12.5. The van der Waals surface area contributed by atoms with Gasteiger partial charge in [-0.1, -0.05) is 55.1 Å². The summed E-state index contributed by atoms with van der Waals surface area (Å²) in [6.07, 6.45) is 0.924. The molecule has 1 saturated heterocycles. The first-order chi connectivity index (χ1) is 16.8. The molecule has 4 nitrogen and oxygen atoms in total. The van der Waals surface area contributed by atoms with E-state index in [4.69, 9.17) is 16.3 Å². The molecule has 2 aromatic rings. The predicted molar refractivity (Wildman–Crippen MR) is 130 cm³/mol. The molecule has 4 rings (SSSR count). The summed E-state index contributed by atoms with van der Waals surface area (Å²) in [7, 11) is 0. The minimum atomic E-state index is -4.36. The van der Waals surface area contributed by atoms with Crippen LogP contribution in [0.3, 0.4) is 0 Å². The van der Waals surface area contributed by atoms with E-state index in [-0.39, 0.29) is 18.6 Å². The van der Waals surface area contributed by atoms with Crippen LogP contribution in [0, 0.1) is 5.92 Å². The lowest BCUT2D eigenvalue weighted by molar-refractivity contribution is -0.139. The second-order valence-corrected chi connectivity index (χ2v) is 9.94. The van der Waals surface area contributed by atoms with Gasteiger partial charge in [0.15, 0.2) is 0 Å². The van der Waals surface area contributed by atoms with Crippen LogP contribution in [0.25, 0.3) is 0 Å². The summed E-state index contributed by atoms with van der Waals surface area (Å²) in [5.41, 5.74) is 0.970. The maximum Gasteiger partial charge on any atom is 0.416 e. The molecule has 0 N–H and O–H groups in total. The predicted octanol–water partition coefficient (Wildman–Crippen LogP) is 6.34. The van der Waals surface area contributed by atoms with Crippen LogP contribution in [-0.4, -0.2) is 48.4 Å². The summed E-state index contributed by atoms with van der Waals surface area (Å²) in [5.74, 6) is 0.487. The standard InChI is InChI=1S/C27H32ClF3N2O2/c28-24-12-8-21(9-13-24)25(35-19-20-6-10-23(11-7-20)27(29,30)31)18-32-14-16-33(17-15-32)26(34)22-4-2-1-3-5-22/h6-13,22,25H,1-5,14-19H2/t25-/m1/s1. The van der Waals surface area contributed by atoms with E-state index < -0.39 is 11.7 Å². The molecule has 2 aromatic carbocycles. The molecule has 0 radical (unpaired) electrons. The zero-order valence-corrected chi connectivity index (χ0v) is 20.5. The van der Waals surface area contributed by atoms with Gasteiger partial charge >= 0.3 is 6.18 Å². The molecule has 2 fully saturated rings. The van der Waals surface area contributed by atoms with E-state index in [0.717, 1.165) is 56.5 Å². The molecule has 2 aliphatic rings. The topological polar surface area (TPSA) is 32.8 Å². The van der Waals surface area contributed by atoms with Crippen molar-refractivity contribution in [3.63, 3.8) is 0 Å². The lowest BCUT2D eigenvalue weighted by atomic mass is 9.88. The lowest BCUT2D eigenvalue weighted by Crippen LogP contribution is -2.51. The van der Waals surface area contributed by atoms with Gasteiger partial charge < -0.3 is 9.64 Å². The molecule has 0 bridgehead atoms. The first-order valence-corrected chi connectivity index (χ1v) is 12.7. The van der Waals surface area contributed by atoms with Gasteiger partial charge in [-0.05, 0) is 48.2 Å². The number of piperazine rings is 1. The highest BCUT2D eigenvalue weighted by molar-refractivity contribution is 6.30. The van der Waals surface area contributed by atoms with Crippen molar-refractivity contribution in [1.29, 1.82) is 0 Å². The number of carbonyl (C=O) groups is 1. The van der Waals surface area contributed by atoms with Crippen molar-refractivity contribution in [2.24, 2.45) is 5.92 Å². The second-order valence-electron chi connectivity index (χ2n) is 9.51. The molecule has 1 atom stereocenters. The van der Waals surface area contributed by atoms with Crippen LogP contribution < -0.4 is 0 Å². The molecular formula is C27H32ClF3N2O2. The van der Waals surface area contributed by atoms with E-state index in [2.05, 4.69) is 4.90 Å². The Bertz CT molecular complexity index is 952. The van der Waals surface area contributed by atoms with Gasteiger partial charge in [0.25, 0.3) is 0 Å². The van der Waals surface area contributed by atoms with Gasteiger partial charge in [0.05, 0.1) is 18.3 Å². The quantitative estimate of drug-likeness (QED) is 0.437. The van der Waals surface area contributed by atoms with Crippen molar-refractivity contribution in [2.45, 2.75) is 51.0 Å². The van der Waals surface area contributed by atoms with E-state index in [1.54, 1.807) is 0 Å². The SMILES string of the molecule is O=C(C1CCCCC1)N1CCN(C[C@@H](OCc2ccc(C(F)(F)F)cc2)c2ccc(Cl)cc2)CC1. The summed E-state index contributed by atoms with van der Waals surface area (Å²) in [6.45, 7) is 3.79. The first-order valence-electron chi connectivity index (χ1n) is 12.3. The third kappa shape index (κ3) is 7.21. The number of hydrogen-bond donors (Lipinski definition) is 0. The number of nitrogens with zero attached hydrogens (tertiary/aromatic N) is 2. The molecule has 1 aliphatic heterocycles. The average molecular weight is 509 g/mol. The number of rotatable bonds is 7. The van der Waals surface area contributed by atoms with Crippen molar-refractivity contribution < 1.29 is 22.7 Å². The van der Waals surface area contributed by atoms with E-state index in [9.17, 15) is 18.0 Å². The van der Waals surface area contributed by atoms with Gasteiger partial charge in [-0.15, -0.1) is 0 Å². The number of hydrogen-bond acceptors (Lipinski definition) is 3. The Labute approximate surface area is 210 Å². The van der Waals surface area contributed by atoms with E-state index in [0.29, 0.717) is 36.1 Å². The number of halogens is 4. The Balaban J connectivity index is 1.35. The molecule has 0 spiro atoms. The first kappa shape index (κ1) is 26.0. The molecule has 0 unspecified atom stereocenters. The highest BCUT2D eigenvalue weighted by Gasteiger charge is 2.31. The molecule has 1 saturated carbocycles. The van der Waals surface area contributed by atoms with Crippen LogP contribution in [-0.2, 0) is 22.3 Å². The number of alkyl halides is 3. The van der Waals surface area contributed by atoms with Gasteiger partial charge in [0, 0.05) is 43.7 Å². The van der Waals surface area contributed by atoms with Crippen LogP contribution in [0.2, 0.25) is 5.02 Å². The summed E-state index contributed by atoms with van der Waals surface area (Å²) < 4.78 is 44.8. The largest absolute Gasteiger partial charge is 0.416 e. The summed E-state index contributed by atoms with van der Waals surface area (Å²) in [5, 5.41) is 0.630. The average Bonchev–Trinajstić information content (AvgIpc) is 2.87. The summed E-state index contributed by atoms with van der Waals surface area (Å²) >= 11 is 6.06. The van der Waals surface area contributed by atoms with Gasteiger partial charge in [-0.3, -0.25) is 9.69 Å². The maximum absolute atomic E-state index is 12.9. The number of benzene rings is 2. The molecule has 1 amide bonds. The number of amides is 1. The molecule has 1 heterocycles. The van der Waals surface area contributed by atoms with Crippen molar-refractivity contribution >= 4 is 17.5 Å². The van der Waals surface area contributed by atoms with Gasteiger partial charge in [0.1, 0.15) is 0 Å². The van der Waals surface area contributed by atoms with Crippen LogP contribution >= 0.6 is 11.6 Å². The zero-order valence-electron chi connectivity index (χ0n) is 19.8. The van der Waals surface area contributed by atoms with Crippen molar-refractivity contribution in [1.82, 2.24) is 9.80 Å². The molecule has 190 valence electrons. The van der Waals surface area contributed by atoms with Crippen LogP contribution in [0.15, 0.2) is 48.5 Å². The van der Waals surface area contributed by atoms with Gasteiger partial charge in [-0.25, -0.2) is 0 Å². The number of ether oxygens (including phenoxy) is 1. The van der Waals surface area contributed by atoms with E-state index in [1.807, 2.05) is 29.2 Å². The molecule has 1 aliphatic carbocycles. The van der Waals surface area contributed by atoms with E-state index in [1.165, 1.54) is 18.6 Å². The van der Waals surface area contributed by atoms with Crippen molar-refractivity contribution in [3.8, 4) is 0 Å². The molecular weight excluding hydrogens is 477 g/mol. The number of carbonyl (C=O) groups excluding carboxylic acids is 1. The molecule has 35 heavy (non-hydrogen) atoms. The zero-order chi connectivity index (χ0) is 24.8. The highest BCUT2D eigenvalue weighted by atomic mass is 35.5. The Kier molecular flexibility index (Phi) is 8.73. The Hall–Kier alpha value is -2.09. The monoisotopic (exact) mass is 508 g/mol. The van der Waals surface area contributed by atoms with Crippen molar-refractivity contribution in [3.05, 3.63) is 70.2 Å². The Morgan fingerprint density at radius 3 is 2.17 bits per heavy atom. The maximum atomic E-state index is 12.9. The van der Waals surface area contributed by atoms with Gasteiger partial charge in [-0.2, -0.15) is 13.2 Å². The molecule has 8 heteroatoms. The van der Waals surface area contributed by atoms with Crippen LogP contribution in [0.1, 0.15) is 54.9 Å². The molecule has 0 aromatic heterocycles. The van der Waals surface area contributed by atoms with E-state index >= 15 is 0 Å². The smallest absolute Gasteiger partial charge is 0.368 e. The van der Waals surface area contributed by atoms with Crippen molar-refractivity contribution in [2.75, 3.05) is 32.7 Å². The van der Waals surface area contributed by atoms with Crippen LogP contribution in [0.5, 0.6) is 0 Å². The minimum absolute atomic E-state index is 0.184. The fourth-order valence-electron chi connectivity index (χ4n) is 4.91. The third-order valence-electron chi connectivity index (χ3n) is 7.04. The normalized spacial score (nSPS) is 19.0. The lowest BCUT2D eigenvalue weighted by Gasteiger charge is -2.38. The van der Waals surface area contributed by atoms with Gasteiger partial charge in [0.2, 0.25) is 5.91 Å².